The van der Waals surface area contributed by atoms with E-state index in [9.17, 15) is 14.0 Å². The first-order valence-corrected chi connectivity index (χ1v) is 5.81. The van der Waals surface area contributed by atoms with Gasteiger partial charge in [-0.15, -0.1) is 10.2 Å². The summed E-state index contributed by atoms with van der Waals surface area (Å²) >= 11 is 1.11. The van der Waals surface area contributed by atoms with E-state index in [2.05, 4.69) is 20.8 Å². The fourth-order valence-electron chi connectivity index (χ4n) is 1.23. The summed E-state index contributed by atoms with van der Waals surface area (Å²) in [7, 11) is 0. The molecule has 0 radical (unpaired) electrons. The van der Waals surface area contributed by atoms with E-state index in [1.165, 1.54) is 17.6 Å². The van der Waals surface area contributed by atoms with E-state index in [0.29, 0.717) is 0 Å². The minimum atomic E-state index is -1.25. The van der Waals surface area contributed by atoms with E-state index in [4.69, 9.17) is 5.11 Å². The first-order valence-electron chi connectivity index (χ1n) is 4.93. The molecule has 9 heteroatoms. The Hall–Kier alpha value is -2.55. The van der Waals surface area contributed by atoms with Crippen molar-refractivity contribution in [2.75, 3.05) is 10.6 Å². The van der Waals surface area contributed by atoms with E-state index in [-0.39, 0.29) is 16.4 Å². The summed E-state index contributed by atoms with van der Waals surface area (Å²) in [4.78, 5) is 22.1. The van der Waals surface area contributed by atoms with E-state index >= 15 is 0 Å². The van der Waals surface area contributed by atoms with Crippen LogP contribution in [0.3, 0.4) is 0 Å². The number of carbonyl (C=O) groups excluding carboxylic acids is 1. The Kier molecular flexibility index (Phi) is 3.66. The Bertz CT molecular complexity index is 617. The molecule has 0 fully saturated rings. The van der Waals surface area contributed by atoms with Crippen LogP contribution in [0, 0.1) is 5.82 Å². The van der Waals surface area contributed by atoms with Gasteiger partial charge in [0.15, 0.2) is 0 Å². The third-order valence-electron chi connectivity index (χ3n) is 2.04. The zero-order valence-electron chi connectivity index (χ0n) is 9.25. The van der Waals surface area contributed by atoms with Crippen LogP contribution in [0.2, 0.25) is 0 Å². The first kappa shape index (κ1) is 12.9. The molecule has 98 valence electrons. The molecular weight excluding hydrogens is 275 g/mol. The Morgan fingerprint density at radius 1 is 1.32 bits per heavy atom. The lowest BCUT2D eigenvalue weighted by molar-refractivity contribution is 0.0696. The van der Waals surface area contributed by atoms with E-state index in [0.717, 1.165) is 17.4 Å². The van der Waals surface area contributed by atoms with Crippen molar-refractivity contribution in [1.29, 1.82) is 0 Å². The van der Waals surface area contributed by atoms with Gasteiger partial charge in [0.05, 0.1) is 11.3 Å². The van der Waals surface area contributed by atoms with Gasteiger partial charge in [-0.1, -0.05) is 11.3 Å². The molecule has 0 aliphatic carbocycles. The molecule has 7 nitrogen and oxygen atoms in total. The number of halogens is 1. The van der Waals surface area contributed by atoms with Gasteiger partial charge in [0.1, 0.15) is 11.3 Å². The maximum Gasteiger partial charge on any atom is 0.335 e. The largest absolute Gasteiger partial charge is 0.478 e. The topological polar surface area (TPSA) is 104 Å². The third kappa shape index (κ3) is 3.22. The van der Waals surface area contributed by atoms with Gasteiger partial charge in [-0.2, -0.15) is 0 Å². The van der Waals surface area contributed by atoms with Gasteiger partial charge in [0.2, 0.25) is 5.13 Å². The number of carboxylic acid groups (broad SMARTS) is 1. The second-order valence-corrected chi connectivity index (χ2v) is 4.16. The second-order valence-electron chi connectivity index (χ2n) is 3.32. The van der Waals surface area contributed by atoms with Gasteiger partial charge in [-0.05, 0) is 18.2 Å². The summed E-state index contributed by atoms with van der Waals surface area (Å²) in [5.74, 6) is -2.09. The molecule has 0 aliphatic rings. The van der Waals surface area contributed by atoms with Crippen molar-refractivity contribution in [1.82, 2.24) is 10.2 Å². The Labute approximate surface area is 110 Å². The average Bonchev–Trinajstić information content (AvgIpc) is 2.84. The number of carbonyl (C=O) groups is 2. The Morgan fingerprint density at radius 2 is 2.11 bits per heavy atom. The average molecular weight is 282 g/mol. The number of amides is 2. The highest BCUT2D eigenvalue weighted by molar-refractivity contribution is 7.13. The maximum absolute atomic E-state index is 13.5. The molecular formula is C10H7FN4O3S. The summed E-state index contributed by atoms with van der Waals surface area (Å²) in [6.45, 7) is 0. The second kappa shape index (κ2) is 5.40. The highest BCUT2D eigenvalue weighted by atomic mass is 32.1. The third-order valence-corrected chi connectivity index (χ3v) is 2.65. The minimum absolute atomic E-state index is 0.132. The smallest absolute Gasteiger partial charge is 0.335 e. The normalized spacial score (nSPS) is 9.95. The molecule has 1 aromatic heterocycles. The molecule has 2 rings (SSSR count). The summed E-state index contributed by atoms with van der Waals surface area (Å²) in [5, 5.41) is 20.6. The number of nitrogens with one attached hydrogen (secondary N) is 2. The molecule has 2 amide bonds. The van der Waals surface area contributed by atoms with E-state index in [1.54, 1.807) is 0 Å². The quantitative estimate of drug-likeness (QED) is 0.798. The van der Waals surface area contributed by atoms with Gasteiger partial charge < -0.3 is 10.4 Å². The predicted octanol–water partition coefficient (Wildman–Crippen LogP) is 2.02. The van der Waals surface area contributed by atoms with Crippen molar-refractivity contribution in [2.24, 2.45) is 0 Å². The van der Waals surface area contributed by atoms with Crippen LogP contribution in [0.4, 0.5) is 20.0 Å². The van der Waals surface area contributed by atoms with Crippen LogP contribution in [-0.2, 0) is 0 Å². The number of carboxylic acids is 1. The van der Waals surface area contributed by atoms with Crippen molar-refractivity contribution in [3.63, 3.8) is 0 Å². The number of urea groups is 1. The van der Waals surface area contributed by atoms with Crippen LogP contribution in [0.25, 0.3) is 0 Å². The van der Waals surface area contributed by atoms with E-state index in [1.807, 2.05) is 0 Å². The number of nitrogens with zero attached hydrogens (tertiary/aromatic N) is 2. The molecule has 19 heavy (non-hydrogen) atoms. The van der Waals surface area contributed by atoms with Gasteiger partial charge in [-0.25, -0.2) is 14.0 Å². The number of hydrogen-bond acceptors (Lipinski definition) is 5. The number of aromatic carboxylic acids is 1. The number of hydrogen-bond donors (Lipinski definition) is 3. The Morgan fingerprint density at radius 3 is 2.68 bits per heavy atom. The molecule has 0 unspecified atom stereocenters. The standard InChI is InChI=1S/C10H7FN4O3S/c11-6-3-5(8(16)17)1-2-7(6)13-9(18)14-10-15-12-4-19-10/h1-4H,(H,16,17)(H2,13,14,15,18). The lowest BCUT2D eigenvalue weighted by atomic mass is 10.2. The monoisotopic (exact) mass is 282 g/mol. The molecule has 0 saturated carbocycles. The van der Waals surface area contributed by atoms with Gasteiger partial charge in [0.25, 0.3) is 0 Å². The molecule has 0 atom stereocenters. The molecule has 2 aromatic rings. The molecule has 0 spiro atoms. The number of aromatic nitrogens is 2. The molecule has 1 aromatic carbocycles. The Balaban J connectivity index is 2.07. The fourth-order valence-corrected chi connectivity index (χ4v) is 1.67. The lowest BCUT2D eigenvalue weighted by Gasteiger charge is -2.06. The zero-order chi connectivity index (χ0) is 13.8. The van der Waals surface area contributed by atoms with Crippen LogP contribution >= 0.6 is 11.3 Å². The molecule has 0 aliphatic heterocycles. The summed E-state index contributed by atoms with van der Waals surface area (Å²) in [6, 6.07) is 2.48. The van der Waals surface area contributed by atoms with Crippen molar-refractivity contribution in [2.45, 2.75) is 0 Å². The van der Waals surface area contributed by atoms with Crippen LogP contribution in [0.15, 0.2) is 23.7 Å². The van der Waals surface area contributed by atoms with Crippen LogP contribution in [0.5, 0.6) is 0 Å². The van der Waals surface area contributed by atoms with Crippen LogP contribution < -0.4 is 10.6 Å². The lowest BCUT2D eigenvalue weighted by Crippen LogP contribution is -2.20. The highest BCUT2D eigenvalue weighted by Crippen LogP contribution is 2.16. The fraction of sp³-hybridized carbons (Fsp3) is 0. The van der Waals surface area contributed by atoms with Gasteiger partial charge >= 0.3 is 12.0 Å². The van der Waals surface area contributed by atoms with Crippen molar-refractivity contribution < 1.29 is 19.1 Å². The van der Waals surface area contributed by atoms with Crippen molar-refractivity contribution in [3.8, 4) is 0 Å². The minimum Gasteiger partial charge on any atom is -0.478 e. The summed E-state index contributed by atoms with van der Waals surface area (Å²) in [5.41, 5.74) is 1.09. The first-order chi connectivity index (χ1) is 9.06. The van der Waals surface area contributed by atoms with Gasteiger partial charge in [0, 0.05) is 0 Å². The zero-order valence-corrected chi connectivity index (χ0v) is 10.1. The number of anilines is 2. The van der Waals surface area contributed by atoms with Crippen LogP contribution in [-0.4, -0.2) is 27.3 Å². The molecule has 0 saturated heterocycles. The maximum atomic E-state index is 13.5. The van der Waals surface area contributed by atoms with Crippen molar-refractivity contribution >= 4 is 34.2 Å². The molecule has 0 bridgehead atoms. The number of rotatable bonds is 3. The molecule has 3 N–H and O–H groups in total. The van der Waals surface area contributed by atoms with E-state index < -0.39 is 17.8 Å². The van der Waals surface area contributed by atoms with Crippen LogP contribution in [0.1, 0.15) is 10.4 Å². The summed E-state index contributed by atoms with van der Waals surface area (Å²) in [6.07, 6.45) is 0. The summed E-state index contributed by atoms with van der Waals surface area (Å²) < 4.78 is 13.5. The number of benzene rings is 1. The molecule has 1 heterocycles. The van der Waals surface area contributed by atoms with Crippen molar-refractivity contribution in [3.05, 3.63) is 35.1 Å². The SMILES string of the molecule is O=C(Nc1nncs1)Nc1ccc(C(=O)O)cc1F. The highest BCUT2D eigenvalue weighted by Gasteiger charge is 2.11. The predicted molar refractivity (Wildman–Crippen MR) is 65.9 cm³/mol. The van der Waals surface area contributed by atoms with Gasteiger partial charge in [-0.3, -0.25) is 5.32 Å².